The van der Waals surface area contributed by atoms with E-state index in [1.807, 2.05) is 41.8 Å². The fourth-order valence-corrected chi connectivity index (χ4v) is 3.36. The minimum atomic E-state index is -0.846. The second kappa shape index (κ2) is 8.82. The maximum atomic E-state index is 12.2. The Hall–Kier alpha value is -2.38. The summed E-state index contributed by atoms with van der Waals surface area (Å²) < 4.78 is 10.6. The van der Waals surface area contributed by atoms with Gasteiger partial charge >= 0.3 is 5.97 Å². The molecular weight excluding hydrogens is 352 g/mol. The highest BCUT2D eigenvalue weighted by Gasteiger charge is 2.18. The fraction of sp³-hybridized carbons (Fsp3) is 0.368. The van der Waals surface area contributed by atoms with Crippen LogP contribution in [0.15, 0.2) is 41.8 Å². The van der Waals surface area contributed by atoms with Crippen molar-refractivity contribution < 1.29 is 19.1 Å². The number of amides is 1. The molecule has 1 aromatic carbocycles. The number of rotatable bonds is 6. The summed E-state index contributed by atoms with van der Waals surface area (Å²) in [5.74, 6) is -0.749. The molecule has 0 radical (unpaired) electrons. The number of ether oxygens (including phenoxy) is 2. The van der Waals surface area contributed by atoms with Crippen LogP contribution in [0.3, 0.4) is 0 Å². The average Bonchev–Trinajstić information content (AvgIpc) is 3.16. The van der Waals surface area contributed by atoms with Crippen LogP contribution in [0.2, 0.25) is 0 Å². The van der Waals surface area contributed by atoms with Crippen molar-refractivity contribution in [2.75, 3.05) is 36.5 Å². The Morgan fingerprint density at radius 3 is 2.62 bits per heavy atom. The average molecular weight is 374 g/mol. The van der Waals surface area contributed by atoms with E-state index in [0.29, 0.717) is 5.69 Å². The van der Waals surface area contributed by atoms with Crippen LogP contribution in [-0.2, 0) is 25.5 Å². The zero-order valence-electron chi connectivity index (χ0n) is 14.6. The lowest BCUT2D eigenvalue weighted by molar-refractivity contribution is -0.152. The molecule has 138 valence electrons. The summed E-state index contributed by atoms with van der Waals surface area (Å²) in [5, 5.41) is 4.68. The first-order chi connectivity index (χ1) is 12.6. The van der Waals surface area contributed by atoms with Gasteiger partial charge in [-0.25, -0.2) is 0 Å². The van der Waals surface area contributed by atoms with Gasteiger partial charge in [0.25, 0.3) is 5.91 Å². The lowest BCUT2D eigenvalue weighted by Gasteiger charge is -2.28. The van der Waals surface area contributed by atoms with E-state index in [1.54, 1.807) is 6.92 Å². The van der Waals surface area contributed by atoms with Crippen molar-refractivity contribution in [3.8, 4) is 0 Å². The predicted octanol–water partition coefficient (Wildman–Crippen LogP) is 2.70. The highest BCUT2D eigenvalue weighted by atomic mass is 32.1. The van der Waals surface area contributed by atoms with Gasteiger partial charge in [0, 0.05) is 29.3 Å². The molecule has 0 spiro atoms. The number of hydrogen-bond donors (Lipinski definition) is 1. The number of hydrogen-bond acceptors (Lipinski definition) is 6. The van der Waals surface area contributed by atoms with Crippen LogP contribution >= 0.6 is 11.3 Å². The summed E-state index contributed by atoms with van der Waals surface area (Å²) in [6, 6.07) is 11.4. The molecule has 0 bridgehead atoms. The van der Waals surface area contributed by atoms with Crippen LogP contribution in [0.1, 0.15) is 11.8 Å². The first-order valence-electron chi connectivity index (χ1n) is 8.57. The van der Waals surface area contributed by atoms with Crippen molar-refractivity contribution in [3.05, 3.63) is 46.7 Å². The zero-order valence-corrected chi connectivity index (χ0v) is 15.5. The SMILES string of the molecule is CC(OC(=O)Cc1cccs1)C(=O)Nc1ccc(N2CCOCC2)cc1. The number of morpholine rings is 1. The molecule has 1 unspecified atom stereocenters. The lowest BCUT2D eigenvalue weighted by atomic mass is 10.2. The van der Waals surface area contributed by atoms with E-state index in [1.165, 1.54) is 11.3 Å². The molecule has 1 N–H and O–H groups in total. The quantitative estimate of drug-likeness (QED) is 0.788. The van der Waals surface area contributed by atoms with E-state index in [-0.39, 0.29) is 12.3 Å². The van der Waals surface area contributed by atoms with Crippen molar-refractivity contribution in [3.63, 3.8) is 0 Å². The summed E-state index contributed by atoms with van der Waals surface area (Å²) in [7, 11) is 0. The first-order valence-corrected chi connectivity index (χ1v) is 9.45. The summed E-state index contributed by atoms with van der Waals surface area (Å²) >= 11 is 1.49. The summed E-state index contributed by atoms with van der Waals surface area (Å²) in [4.78, 5) is 27.3. The van der Waals surface area contributed by atoms with Crippen LogP contribution in [-0.4, -0.2) is 44.3 Å². The van der Waals surface area contributed by atoms with Gasteiger partial charge in [0.15, 0.2) is 6.10 Å². The van der Waals surface area contributed by atoms with Crippen molar-refractivity contribution >= 4 is 34.6 Å². The molecule has 1 saturated heterocycles. The van der Waals surface area contributed by atoms with Gasteiger partial charge in [0.2, 0.25) is 0 Å². The Morgan fingerprint density at radius 1 is 1.23 bits per heavy atom. The highest BCUT2D eigenvalue weighted by Crippen LogP contribution is 2.19. The zero-order chi connectivity index (χ0) is 18.4. The van der Waals surface area contributed by atoms with Crippen LogP contribution < -0.4 is 10.2 Å². The highest BCUT2D eigenvalue weighted by molar-refractivity contribution is 7.10. The summed E-state index contributed by atoms with van der Waals surface area (Å²) in [6.45, 7) is 4.76. The molecule has 6 nitrogen and oxygen atoms in total. The molecule has 7 heteroatoms. The summed E-state index contributed by atoms with van der Waals surface area (Å²) in [6.07, 6.45) is -0.662. The largest absolute Gasteiger partial charge is 0.452 e. The minimum absolute atomic E-state index is 0.184. The van der Waals surface area contributed by atoms with E-state index in [2.05, 4.69) is 10.2 Å². The molecule has 26 heavy (non-hydrogen) atoms. The Bertz CT molecular complexity index is 725. The second-order valence-electron chi connectivity index (χ2n) is 6.02. The number of carbonyl (C=O) groups excluding carboxylic acids is 2. The van der Waals surface area contributed by atoms with Gasteiger partial charge in [0.05, 0.1) is 19.6 Å². The normalized spacial score (nSPS) is 15.3. The van der Waals surface area contributed by atoms with Gasteiger partial charge < -0.3 is 19.7 Å². The van der Waals surface area contributed by atoms with Gasteiger partial charge in [-0.3, -0.25) is 9.59 Å². The molecule has 0 aliphatic carbocycles. The van der Waals surface area contributed by atoms with Crippen molar-refractivity contribution in [1.82, 2.24) is 0 Å². The molecule has 3 rings (SSSR count). The lowest BCUT2D eigenvalue weighted by Crippen LogP contribution is -2.36. The van der Waals surface area contributed by atoms with Gasteiger partial charge in [0.1, 0.15) is 0 Å². The monoisotopic (exact) mass is 374 g/mol. The number of benzene rings is 1. The van der Waals surface area contributed by atoms with Crippen LogP contribution in [0.25, 0.3) is 0 Å². The molecule has 1 aromatic heterocycles. The van der Waals surface area contributed by atoms with Gasteiger partial charge in [-0.1, -0.05) is 6.07 Å². The number of carbonyl (C=O) groups is 2. The molecular formula is C19H22N2O4S. The van der Waals surface area contributed by atoms with Crippen LogP contribution in [0.4, 0.5) is 11.4 Å². The van der Waals surface area contributed by atoms with Crippen LogP contribution in [0, 0.1) is 0 Å². The third kappa shape index (κ3) is 5.06. The number of nitrogens with one attached hydrogen (secondary N) is 1. The molecule has 1 amide bonds. The third-order valence-electron chi connectivity index (χ3n) is 4.09. The van der Waals surface area contributed by atoms with Crippen molar-refractivity contribution in [1.29, 1.82) is 0 Å². The standard InChI is InChI=1S/C19H22N2O4S/c1-14(25-18(22)13-17-3-2-12-26-17)19(23)20-15-4-6-16(7-5-15)21-8-10-24-11-9-21/h2-7,12,14H,8-11,13H2,1H3,(H,20,23). The van der Waals surface area contributed by atoms with Crippen LogP contribution in [0.5, 0.6) is 0 Å². The van der Waals surface area contributed by atoms with E-state index in [0.717, 1.165) is 36.9 Å². The van der Waals surface area contributed by atoms with Gasteiger partial charge in [-0.15, -0.1) is 11.3 Å². The third-order valence-corrected chi connectivity index (χ3v) is 4.96. The molecule has 1 fully saturated rings. The minimum Gasteiger partial charge on any atom is -0.452 e. The Labute approximate surface area is 156 Å². The fourth-order valence-electron chi connectivity index (χ4n) is 2.67. The molecule has 0 saturated carbocycles. The number of esters is 1. The topological polar surface area (TPSA) is 67.9 Å². The Kier molecular flexibility index (Phi) is 6.25. The van der Waals surface area contributed by atoms with Gasteiger partial charge in [-0.2, -0.15) is 0 Å². The molecule has 2 aromatic rings. The van der Waals surface area contributed by atoms with Crippen molar-refractivity contribution in [2.45, 2.75) is 19.4 Å². The van der Waals surface area contributed by atoms with Gasteiger partial charge in [-0.05, 0) is 42.6 Å². The van der Waals surface area contributed by atoms with E-state index in [9.17, 15) is 9.59 Å². The smallest absolute Gasteiger partial charge is 0.311 e. The maximum absolute atomic E-state index is 12.2. The molecule has 1 atom stereocenters. The van der Waals surface area contributed by atoms with Crippen molar-refractivity contribution in [2.24, 2.45) is 0 Å². The number of nitrogens with zero attached hydrogens (tertiary/aromatic N) is 1. The maximum Gasteiger partial charge on any atom is 0.311 e. The second-order valence-corrected chi connectivity index (χ2v) is 7.06. The number of anilines is 2. The molecule has 1 aliphatic rings. The van der Waals surface area contributed by atoms with E-state index >= 15 is 0 Å². The number of thiophene rings is 1. The first kappa shape index (κ1) is 18.4. The Balaban J connectivity index is 1.49. The van der Waals surface area contributed by atoms with E-state index in [4.69, 9.17) is 9.47 Å². The molecule has 1 aliphatic heterocycles. The van der Waals surface area contributed by atoms with E-state index < -0.39 is 12.1 Å². The predicted molar refractivity (Wildman–Crippen MR) is 102 cm³/mol. The Morgan fingerprint density at radius 2 is 1.96 bits per heavy atom. The summed E-state index contributed by atoms with van der Waals surface area (Å²) in [5.41, 5.74) is 1.77. The molecule has 2 heterocycles.